The first-order chi connectivity index (χ1) is 9.60. The van der Waals surface area contributed by atoms with E-state index in [4.69, 9.17) is 0 Å². The third kappa shape index (κ3) is 3.87. The minimum absolute atomic E-state index is 1.06. The van der Waals surface area contributed by atoms with Crippen molar-refractivity contribution in [2.75, 3.05) is 12.4 Å². The molecule has 0 amide bonds. The smallest absolute Gasteiger partial charge is 0.0511 e. The molecule has 0 radical (unpaired) electrons. The predicted octanol–water partition coefficient (Wildman–Crippen LogP) is 5.50. The molecule has 0 unspecified atom stereocenters. The van der Waals surface area contributed by atoms with Gasteiger partial charge < -0.3 is 10.6 Å². The van der Waals surface area contributed by atoms with E-state index >= 15 is 0 Å². The Morgan fingerprint density at radius 3 is 2.30 bits per heavy atom. The van der Waals surface area contributed by atoms with E-state index in [-0.39, 0.29) is 0 Å². The van der Waals surface area contributed by atoms with Gasteiger partial charge in [-0.3, -0.25) is 0 Å². The van der Waals surface area contributed by atoms with Crippen LogP contribution in [-0.2, 0) is 0 Å². The van der Waals surface area contributed by atoms with E-state index in [0.717, 1.165) is 31.6 Å². The van der Waals surface area contributed by atoms with Crippen LogP contribution < -0.4 is 10.6 Å². The van der Waals surface area contributed by atoms with Crippen LogP contribution in [0.5, 0.6) is 0 Å². The van der Waals surface area contributed by atoms with Crippen molar-refractivity contribution >= 4 is 48.9 Å². The summed E-state index contributed by atoms with van der Waals surface area (Å²) < 4.78 is 2.16. The van der Waals surface area contributed by atoms with Crippen LogP contribution in [0.2, 0.25) is 0 Å². The number of hydrogen-bond acceptors (Lipinski definition) is 2. The lowest BCUT2D eigenvalue weighted by Crippen LogP contribution is -2.05. The van der Waals surface area contributed by atoms with E-state index in [0.29, 0.717) is 0 Å². The van der Waals surface area contributed by atoms with Gasteiger partial charge in [-0.1, -0.05) is 44.0 Å². The summed E-state index contributed by atoms with van der Waals surface area (Å²) in [6.45, 7) is 2.03. The fourth-order valence-corrected chi connectivity index (χ4v) is 2.66. The molecule has 0 bridgehead atoms. The van der Waals surface area contributed by atoms with Crippen molar-refractivity contribution < 1.29 is 0 Å². The summed E-state index contributed by atoms with van der Waals surface area (Å²) in [6, 6.07) is 16.4. The summed E-state index contributed by atoms with van der Waals surface area (Å²) >= 11 is 6.97. The quantitative estimate of drug-likeness (QED) is 0.714. The van der Waals surface area contributed by atoms with Crippen molar-refractivity contribution in [3.05, 3.63) is 63.0 Å². The van der Waals surface area contributed by atoms with E-state index < -0.39 is 0 Å². The molecule has 2 aromatic carbocycles. The molecular formula is C16H16Br2N2. The molecule has 2 N–H and O–H groups in total. The zero-order chi connectivity index (χ0) is 14.5. The van der Waals surface area contributed by atoms with Gasteiger partial charge in [-0.05, 0) is 43.3 Å². The Labute approximate surface area is 136 Å². The first kappa shape index (κ1) is 15.1. The van der Waals surface area contributed by atoms with Gasteiger partial charge in [-0.2, -0.15) is 0 Å². The summed E-state index contributed by atoms with van der Waals surface area (Å²) in [7, 11) is 1.93. The Morgan fingerprint density at radius 1 is 1.00 bits per heavy atom. The first-order valence-corrected chi connectivity index (χ1v) is 7.86. The zero-order valence-electron chi connectivity index (χ0n) is 11.4. The molecule has 2 nitrogen and oxygen atoms in total. The standard InChI is InChI=1S/C16H16Br2N2/c1-11(17)16(19-2)12-4-3-5-15(10-12)20-14-8-6-13(18)7-9-14/h3-10,19-20H,1-2H3/b16-11+. The van der Waals surface area contributed by atoms with Gasteiger partial charge in [0.1, 0.15) is 0 Å². The average molecular weight is 396 g/mol. The molecule has 104 valence electrons. The summed E-state index contributed by atoms with van der Waals surface area (Å²) in [6.07, 6.45) is 0. The second kappa shape index (κ2) is 6.95. The fraction of sp³-hybridized carbons (Fsp3) is 0.125. The highest BCUT2D eigenvalue weighted by molar-refractivity contribution is 9.11. The maximum absolute atomic E-state index is 3.53. The average Bonchev–Trinajstić information content (AvgIpc) is 2.42. The maximum Gasteiger partial charge on any atom is 0.0511 e. The Kier molecular flexibility index (Phi) is 5.26. The van der Waals surface area contributed by atoms with Gasteiger partial charge in [-0.15, -0.1) is 0 Å². The molecule has 0 aliphatic heterocycles. The predicted molar refractivity (Wildman–Crippen MR) is 94.4 cm³/mol. The maximum atomic E-state index is 3.53. The van der Waals surface area contributed by atoms with E-state index in [2.05, 4.69) is 60.7 Å². The molecule has 4 heteroatoms. The number of nitrogens with one attached hydrogen (secondary N) is 2. The van der Waals surface area contributed by atoms with Gasteiger partial charge >= 0.3 is 0 Å². The highest BCUT2D eigenvalue weighted by atomic mass is 79.9. The van der Waals surface area contributed by atoms with Crippen LogP contribution in [0.15, 0.2) is 57.5 Å². The van der Waals surface area contributed by atoms with Gasteiger partial charge in [0.25, 0.3) is 0 Å². The molecule has 0 aliphatic rings. The van der Waals surface area contributed by atoms with Crippen LogP contribution in [0, 0.1) is 0 Å². The molecule has 0 saturated carbocycles. The Bertz CT molecular complexity index is 615. The van der Waals surface area contributed by atoms with Crippen LogP contribution in [0.4, 0.5) is 11.4 Å². The van der Waals surface area contributed by atoms with E-state index in [1.54, 1.807) is 0 Å². The van der Waals surface area contributed by atoms with Gasteiger partial charge in [0.2, 0.25) is 0 Å². The molecule has 0 saturated heterocycles. The lowest BCUT2D eigenvalue weighted by molar-refractivity contribution is 1.12. The SMILES string of the molecule is CN/C(=C(\C)Br)c1cccc(Nc2ccc(Br)cc2)c1. The van der Waals surface area contributed by atoms with E-state index in [1.165, 1.54) is 0 Å². The number of benzene rings is 2. The van der Waals surface area contributed by atoms with Crippen molar-refractivity contribution in [3.63, 3.8) is 0 Å². The number of allylic oxidation sites excluding steroid dienone is 1. The topological polar surface area (TPSA) is 24.1 Å². The lowest BCUT2D eigenvalue weighted by atomic mass is 10.1. The highest BCUT2D eigenvalue weighted by Gasteiger charge is 2.03. The van der Waals surface area contributed by atoms with Crippen molar-refractivity contribution in [1.82, 2.24) is 5.32 Å². The first-order valence-electron chi connectivity index (χ1n) is 6.27. The fourth-order valence-electron chi connectivity index (χ4n) is 1.97. The van der Waals surface area contributed by atoms with E-state index in [1.807, 2.05) is 44.3 Å². The largest absolute Gasteiger partial charge is 0.387 e. The second-order valence-corrected chi connectivity index (χ2v) is 6.48. The number of hydrogen-bond donors (Lipinski definition) is 2. The van der Waals surface area contributed by atoms with Gasteiger partial charge in [0.15, 0.2) is 0 Å². The molecule has 0 fully saturated rings. The molecule has 0 spiro atoms. The Balaban J connectivity index is 2.26. The molecule has 2 rings (SSSR count). The summed E-state index contributed by atoms with van der Waals surface area (Å²) in [5.74, 6) is 0. The van der Waals surface area contributed by atoms with Crippen LogP contribution >= 0.6 is 31.9 Å². The van der Waals surface area contributed by atoms with Gasteiger partial charge in [0, 0.05) is 32.9 Å². The zero-order valence-corrected chi connectivity index (χ0v) is 14.5. The highest BCUT2D eigenvalue weighted by Crippen LogP contribution is 2.24. The molecular weight excluding hydrogens is 380 g/mol. The van der Waals surface area contributed by atoms with Gasteiger partial charge in [0.05, 0.1) is 5.70 Å². The number of rotatable bonds is 4. The van der Waals surface area contributed by atoms with Crippen molar-refractivity contribution in [2.45, 2.75) is 6.92 Å². The molecule has 20 heavy (non-hydrogen) atoms. The van der Waals surface area contributed by atoms with Crippen molar-refractivity contribution in [1.29, 1.82) is 0 Å². The normalized spacial score (nSPS) is 11.8. The second-order valence-electron chi connectivity index (χ2n) is 4.37. The Hall–Kier alpha value is -1.26. The van der Waals surface area contributed by atoms with Crippen LogP contribution in [0.3, 0.4) is 0 Å². The molecule has 0 aromatic heterocycles. The summed E-state index contributed by atoms with van der Waals surface area (Å²) in [5.41, 5.74) is 4.36. The lowest BCUT2D eigenvalue weighted by Gasteiger charge is -2.12. The molecule has 2 aromatic rings. The van der Waals surface area contributed by atoms with E-state index in [9.17, 15) is 0 Å². The van der Waals surface area contributed by atoms with Gasteiger partial charge in [-0.25, -0.2) is 0 Å². The summed E-state index contributed by atoms with van der Waals surface area (Å²) in [4.78, 5) is 0. The minimum Gasteiger partial charge on any atom is -0.387 e. The minimum atomic E-state index is 1.06. The molecule has 0 atom stereocenters. The molecule has 0 aliphatic carbocycles. The third-order valence-corrected chi connectivity index (χ3v) is 3.80. The van der Waals surface area contributed by atoms with Crippen molar-refractivity contribution in [3.8, 4) is 0 Å². The Morgan fingerprint density at radius 2 is 1.70 bits per heavy atom. The summed E-state index contributed by atoms with van der Waals surface area (Å²) in [5, 5.41) is 6.62. The monoisotopic (exact) mass is 394 g/mol. The van der Waals surface area contributed by atoms with Crippen LogP contribution in [-0.4, -0.2) is 7.05 Å². The molecule has 0 heterocycles. The third-order valence-electron chi connectivity index (χ3n) is 2.88. The van der Waals surface area contributed by atoms with Crippen molar-refractivity contribution in [2.24, 2.45) is 0 Å². The van der Waals surface area contributed by atoms with Crippen LogP contribution in [0.1, 0.15) is 12.5 Å². The number of anilines is 2. The number of halogens is 2. The van der Waals surface area contributed by atoms with Crippen LogP contribution in [0.25, 0.3) is 5.70 Å².